The Balaban J connectivity index is 1.53. The molecule has 1 aliphatic rings. The fraction of sp³-hybridized carbons (Fsp3) is 0.333. The van der Waals surface area contributed by atoms with E-state index in [2.05, 4.69) is 9.97 Å². The average molecular weight is 309 g/mol. The van der Waals surface area contributed by atoms with Crippen molar-refractivity contribution in [3.8, 4) is 5.75 Å². The number of rotatable bonds is 4. The van der Waals surface area contributed by atoms with E-state index < -0.39 is 11.7 Å². The molecule has 0 atom stereocenters. The molecule has 0 unspecified atom stereocenters. The van der Waals surface area contributed by atoms with Gasteiger partial charge >= 0.3 is 6.18 Å². The van der Waals surface area contributed by atoms with E-state index in [1.54, 1.807) is 18.5 Å². The van der Waals surface area contributed by atoms with Crippen LogP contribution >= 0.6 is 0 Å². The maximum absolute atomic E-state index is 12.7. The van der Waals surface area contributed by atoms with E-state index in [9.17, 15) is 13.2 Å². The molecule has 3 rings (SSSR count). The Kier molecular flexibility index (Phi) is 3.87. The molecule has 0 saturated carbocycles. The lowest BCUT2D eigenvalue weighted by Gasteiger charge is -2.40. The van der Waals surface area contributed by atoms with Crippen LogP contribution in [0, 0.1) is 5.92 Å². The molecular formula is C15H14F3N3O. The van der Waals surface area contributed by atoms with Gasteiger partial charge in [-0.15, -0.1) is 0 Å². The van der Waals surface area contributed by atoms with Gasteiger partial charge in [0.1, 0.15) is 11.6 Å². The molecule has 0 radical (unpaired) electrons. The van der Waals surface area contributed by atoms with Crippen LogP contribution in [-0.2, 0) is 6.18 Å². The van der Waals surface area contributed by atoms with Crippen molar-refractivity contribution in [2.45, 2.75) is 6.18 Å². The van der Waals surface area contributed by atoms with Crippen LogP contribution in [0.5, 0.6) is 5.75 Å². The second-order valence-corrected chi connectivity index (χ2v) is 5.17. The molecule has 0 aliphatic carbocycles. The first-order chi connectivity index (χ1) is 10.5. The number of nitrogens with zero attached hydrogens (tertiary/aromatic N) is 3. The van der Waals surface area contributed by atoms with E-state index in [1.807, 2.05) is 11.0 Å². The summed E-state index contributed by atoms with van der Waals surface area (Å²) in [4.78, 5) is 9.76. The SMILES string of the molecule is FC(F)(F)c1ccnc(N2CC(COc3cccnc3)C2)c1. The average Bonchev–Trinajstić information content (AvgIpc) is 2.46. The van der Waals surface area contributed by atoms with Crippen LogP contribution in [0.4, 0.5) is 19.0 Å². The minimum absolute atomic E-state index is 0.275. The van der Waals surface area contributed by atoms with E-state index in [1.165, 1.54) is 6.20 Å². The third-order valence-corrected chi connectivity index (χ3v) is 3.47. The van der Waals surface area contributed by atoms with Crippen LogP contribution < -0.4 is 9.64 Å². The van der Waals surface area contributed by atoms with Crippen LogP contribution in [0.3, 0.4) is 0 Å². The molecular weight excluding hydrogens is 295 g/mol. The van der Waals surface area contributed by atoms with Crippen LogP contribution in [0.25, 0.3) is 0 Å². The van der Waals surface area contributed by atoms with Crippen LogP contribution in [-0.4, -0.2) is 29.7 Å². The molecule has 1 saturated heterocycles. The van der Waals surface area contributed by atoms with Crippen molar-refractivity contribution in [2.75, 3.05) is 24.6 Å². The van der Waals surface area contributed by atoms with Crippen molar-refractivity contribution in [3.63, 3.8) is 0 Å². The first kappa shape index (κ1) is 14.6. The molecule has 2 aromatic heterocycles. The summed E-state index contributed by atoms with van der Waals surface area (Å²) >= 11 is 0. The number of alkyl halides is 3. The van der Waals surface area contributed by atoms with Crippen molar-refractivity contribution in [1.29, 1.82) is 0 Å². The van der Waals surface area contributed by atoms with E-state index >= 15 is 0 Å². The highest BCUT2D eigenvalue weighted by Gasteiger charge is 2.33. The monoisotopic (exact) mass is 309 g/mol. The number of anilines is 1. The van der Waals surface area contributed by atoms with Crippen molar-refractivity contribution in [2.24, 2.45) is 5.92 Å². The Labute approximate surface area is 125 Å². The van der Waals surface area contributed by atoms with Gasteiger partial charge in [-0.2, -0.15) is 13.2 Å². The molecule has 1 aliphatic heterocycles. The van der Waals surface area contributed by atoms with Gasteiger partial charge < -0.3 is 9.64 Å². The highest BCUT2D eigenvalue weighted by Crippen LogP contribution is 2.32. The Hall–Kier alpha value is -2.31. The lowest BCUT2D eigenvalue weighted by Crippen LogP contribution is -2.49. The molecule has 7 heteroatoms. The number of pyridine rings is 2. The van der Waals surface area contributed by atoms with Gasteiger partial charge in [0.15, 0.2) is 0 Å². The second-order valence-electron chi connectivity index (χ2n) is 5.17. The number of ether oxygens (including phenoxy) is 1. The highest BCUT2D eigenvalue weighted by atomic mass is 19.4. The number of hydrogen-bond acceptors (Lipinski definition) is 4. The van der Waals surface area contributed by atoms with Crippen molar-refractivity contribution < 1.29 is 17.9 Å². The van der Waals surface area contributed by atoms with Crippen LogP contribution in [0.1, 0.15) is 5.56 Å². The van der Waals surface area contributed by atoms with E-state index in [0.29, 0.717) is 31.3 Å². The van der Waals surface area contributed by atoms with Gasteiger partial charge in [-0.05, 0) is 24.3 Å². The quantitative estimate of drug-likeness (QED) is 0.870. The molecule has 4 nitrogen and oxygen atoms in total. The molecule has 116 valence electrons. The number of halogens is 3. The number of hydrogen-bond donors (Lipinski definition) is 0. The Morgan fingerprint density at radius 2 is 2.05 bits per heavy atom. The molecule has 2 aromatic rings. The highest BCUT2D eigenvalue weighted by molar-refractivity contribution is 5.44. The Bertz CT molecular complexity index is 627. The molecule has 0 amide bonds. The third-order valence-electron chi connectivity index (χ3n) is 3.47. The van der Waals surface area contributed by atoms with Gasteiger partial charge in [0, 0.05) is 31.4 Å². The molecule has 0 bridgehead atoms. The third kappa shape index (κ3) is 3.29. The Morgan fingerprint density at radius 1 is 1.23 bits per heavy atom. The topological polar surface area (TPSA) is 38.2 Å². The molecule has 1 fully saturated rings. The standard InChI is InChI=1S/C15H14F3N3O/c16-15(17,18)12-3-5-20-14(6-12)21-8-11(9-21)10-22-13-2-1-4-19-7-13/h1-7,11H,8-10H2. The van der Waals surface area contributed by atoms with Crippen molar-refractivity contribution in [3.05, 3.63) is 48.4 Å². The molecule has 0 spiro atoms. The van der Waals surface area contributed by atoms with Gasteiger partial charge in [-0.25, -0.2) is 4.98 Å². The summed E-state index contributed by atoms with van der Waals surface area (Å²) in [5.41, 5.74) is -0.674. The summed E-state index contributed by atoms with van der Waals surface area (Å²) in [7, 11) is 0. The first-order valence-electron chi connectivity index (χ1n) is 6.83. The zero-order valence-corrected chi connectivity index (χ0v) is 11.6. The van der Waals surface area contributed by atoms with Crippen molar-refractivity contribution in [1.82, 2.24) is 9.97 Å². The summed E-state index contributed by atoms with van der Waals surface area (Å²) in [5, 5.41) is 0. The molecule has 22 heavy (non-hydrogen) atoms. The lowest BCUT2D eigenvalue weighted by atomic mass is 10.0. The van der Waals surface area contributed by atoms with E-state index in [-0.39, 0.29) is 5.92 Å². The normalized spacial score (nSPS) is 15.5. The number of aromatic nitrogens is 2. The van der Waals surface area contributed by atoms with E-state index in [4.69, 9.17) is 4.74 Å². The maximum atomic E-state index is 12.7. The first-order valence-corrected chi connectivity index (χ1v) is 6.83. The van der Waals surface area contributed by atoms with Gasteiger partial charge in [-0.3, -0.25) is 4.98 Å². The zero-order chi connectivity index (χ0) is 15.6. The summed E-state index contributed by atoms with van der Waals surface area (Å²) in [6, 6.07) is 5.66. The predicted octanol–water partition coefficient (Wildman–Crippen LogP) is 3.01. The fourth-order valence-electron chi connectivity index (χ4n) is 2.28. The van der Waals surface area contributed by atoms with Gasteiger partial charge in [0.2, 0.25) is 0 Å². The summed E-state index contributed by atoms with van der Waals surface area (Å²) in [6.07, 6.45) is 0.144. The second kappa shape index (κ2) is 5.82. The van der Waals surface area contributed by atoms with Gasteiger partial charge in [0.05, 0.1) is 18.4 Å². The summed E-state index contributed by atoms with van der Waals surface area (Å²) in [6.45, 7) is 1.78. The molecule has 3 heterocycles. The van der Waals surface area contributed by atoms with Crippen LogP contribution in [0.15, 0.2) is 42.9 Å². The predicted molar refractivity (Wildman–Crippen MR) is 74.7 cm³/mol. The smallest absolute Gasteiger partial charge is 0.416 e. The zero-order valence-electron chi connectivity index (χ0n) is 11.6. The van der Waals surface area contributed by atoms with Crippen molar-refractivity contribution >= 4 is 5.82 Å². The van der Waals surface area contributed by atoms with Gasteiger partial charge in [0.25, 0.3) is 0 Å². The lowest BCUT2D eigenvalue weighted by molar-refractivity contribution is -0.137. The largest absolute Gasteiger partial charge is 0.492 e. The summed E-state index contributed by atoms with van der Waals surface area (Å²) in [5.74, 6) is 1.32. The summed E-state index contributed by atoms with van der Waals surface area (Å²) < 4.78 is 43.6. The Morgan fingerprint density at radius 3 is 2.73 bits per heavy atom. The maximum Gasteiger partial charge on any atom is 0.416 e. The minimum Gasteiger partial charge on any atom is -0.492 e. The minimum atomic E-state index is -4.34. The fourth-order valence-corrected chi connectivity index (χ4v) is 2.28. The van der Waals surface area contributed by atoms with Gasteiger partial charge in [-0.1, -0.05) is 0 Å². The van der Waals surface area contributed by atoms with E-state index in [0.717, 1.165) is 12.1 Å². The van der Waals surface area contributed by atoms with Crippen LogP contribution in [0.2, 0.25) is 0 Å². The molecule has 0 aromatic carbocycles. The molecule has 0 N–H and O–H groups in total.